The molecule has 2 aliphatic rings. The molecule has 2 heterocycles. The van der Waals surface area contributed by atoms with Crippen LogP contribution in [0.2, 0.25) is 0 Å². The van der Waals surface area contributed by atoms with E-state index >= 15 is 0 Å². The lowest BCUT2D eigenvalue weighted by atomic mass is 10.0. The van der Waals surface area contributed by atoms with E-state index in [1.165, 1.54) is 4.90 Å². The van der Waals surface area contributed by atoms with E-state index in [1.807, 2.05) is 37.3 Å². The Balaban J connectivity index is 0.995. The molecule has 10 heteroatoms. The van der Waals surface area contributed by atoms with E-state index in [0.29, 0.717) is 57.3 Å². The summed E-state index contributed by atoms with van der Waals surface area (Å²) in [5.41, 5.74) is 8.37. The average molecular weight is 568 g/mol. The highest BCUT2D eigenvalue weighted by Gasteiger charge is 2.39. The van der Waals surface area contributed by atoms with Gasteiger partial charge in [-0.05, 0) is 80.5 Å². The lowest BCUT2D eigenvalue weighted by Gasteiger charge is -2.29. The maximum atomic E-state index is 12.8. The van der Waals surface area contributed by atoms with Crippen molar-refractivity contribution < 1.29 is 33.3 Å². The fourth-order valence-corrected chi connectivity index (χ4v) is 4.89. The van der Waals surface area contributed by atoms with Crippen LogP contribution < -0.4 is 20.5 Å². The third-order valence-corrected chi connectivity index (χ3v) is 7.15. The molecule has 3 N–H and O–H groups in total. The second-order valence-corrected chi connectivity index (χ2v) is 10.4. The molecule has 0 saturated carbocycles. The molecule has 4 rings (SSSR count). The van der Waals surface area contributed by atoms with Gasteiger partial charge in [0.25, 0.3) is 5.91 Å². The number of ether oxygens (including phenoxy) is 4. The number of nitrogens with zero attached hydrogens (tertiary/aromatic N) is 1. The number of carbonyl (C=O) groups excluding carboxylic acids is 3. The fraction of sp³-hybridized carbons (Fsp3) is 0.516. The van der Waals surface area contributed by atoms with Gasteiger partial charge in [0, 0.05) is 44.4 Å². The van der Waals surface area contributed by atoms with Crippen LogP contribution in [0.25, 0.3) is 0 Å². The minimum atomic E-state index is -0.621. The summed E-state index contributed by atoms with van der Waals surface area (Å²) in [6.07, 6.45) is 4.42. The topological polar surface area (TPSA) is 129 Å². The molecule has 0 aliphatic carbocycles. The number of hydrogen-bond acceptors (Lipinski definition) is 8. The molecule has 2 aromatic rings. The summed E-state index contributed by atoms with van der Waals surface area (Å²) < 4.78 is 22.9. The molecule has 1 unspecified atom stereocenters. The molecule has 10 nitrogen and oxygen atoms in total. The lowest BCUT2D eigenvalue weighted by molar-refractivity contribution is -0.136. The number of imide groups is 1. The van der Waals surface area contributed by atoms with Gasteiger partial charge in [-0.1, -0.05) is 12.1 Å². The number of benzene rings is 2. The Bertz CT molecular complexity index is 1190. The smallest absolute Gasteiger partial charge is 0.255 e. The SMILES string of the molecule is C[C@@H](N)c1cccc(OCCCCCOCCCOCCOc2ccc3c(c2)CN(C2CCC(=O)NC2=O)C3=O)c1. The summed E-state index contributed by atoms with van der Waals surface area (Å²) in [5, 5.41) is 2.32. The maximum absolute atomic E-state index is 12.8. The molecule has 0 bridgehead atoms. The van der Waals surface area contributed by atoms with Gasteiger partial charge in [-0.2, -0.15) is 0 Å². The molecular weight excluding hydrogens is 526 g/mol. The Hall–Kier alpha value is -3.47. The van der Waals surface area contributed by atoms with Crippen molar-refractivity contribution in [2.24, 2.45) is 5.73 Å². The largest absolute Gasteiger partial charge is 0.494 e. The van der Waals surface area contributed by atoms with Crippen molar-refractivity contribution in [3.63, 3.8) is 0 Å². The van der Waals surface area contributed by atoms with Crippen molar-refractivity contribution in [1.29, 1.82) is 0 Å². The number of nitrogens with one attached hydrogen (secondary N) is 1. The van der Waals surface area contributed by atoms with Crippen LogP contribution in [0.3, 0.4) is 0 Å². The van der Waals surface area contributed by atoms with Gasteiger partial charge in [-0.15, -0.1) is 0 Å². The minimum absolute atomic E-state index is 0.00176. The first-order chi connectivity index (χ1) is 19.9. The van der Waals surface area contributed by atoms with Crippen LogP contribution >= 0.6 is 0 Å². The molecule has 3 amide bonds. The number of rotatable bonds is 17. The monoisotopic (exact) mass is 567 g/mol. The Kier molecular flexibility index (Phi) is 11.5. The standard InChI is InChI=1S/C31H41N3O7/c1-22(32)23-7-5-8-25(19-23)40-16-4-2-3-13-38-14-6-15-39-17-18-41-26-9-10-27-24(20-26)21-34(31(27)37)28-11-12-29(35)33-30(28)36/h5,7-10,19-20,22,28H,2-4,6,11-18,21,32H2,1H3,(H,33,35,36)/t22-,28?/m1/s1. The number of piperidine rings is 1. The number of nitrogens with two attached hydrogens (primary N) is 1. The molecular formula is C31H41N3O7. The quantitative estimate of drug-likeness (QED) is 0.219. The first-order valence-corrected chi connectivity index (χ1v) is 14.5. The number of hydrogen-bond donors (Lipinski definition) is 2. The fourth-order valence-electron chi connectivity index (χ4n) is 4.89. The van der Waals surface area contributed by atoms with Crippen LogP contribution in [0.5, 0.6) is 11.5 Å². The molecule has 2 aliphatic heterocycles. The van der Waals surface area contributed by atoms with Gasteiger partial charge >= 0.3 is 0 Å². The van der Waals surface area contributed by atoms with E-state index in [9.17, 15) is 14.4 Å². The van der Waals surface area contributed by atoms with Crippen LogP contribution in [-0.4, -0.2) is 68.3 Å². The van der Waals surface area contributed by atoms with Gasteiger partial charge in [0.05, 0.1) is 13.2 Å². The molecule has 0 spiro atoms. The van der Waals surface area contributed by atoms with Crippen molar-refractivity contribution in [3.05, 3.63) is 59.2 Å². The predicted octanol–water partition coefficient (Wildman–Crippen LogP) is 3.52. The Labute approximate surface area is 241 Å². The number of carbonyl (C=O) groups is 3. The van der Waals surface area contributed by atoms with Gasteiger partial charge in [-0.25, -0.2) is 0 Å². The third kappa shape index (κ3) is 9.01. The van der Waals surface area contributed by atoms with Crippen LogP contribution in [0.4, 0.5) is 0 Å². The molecule has 2 aromatic carbocycles. The van der Waals surface area contributed by atoms with E-state index in [2.05, 4.69) is 5.32 Å². The zero-order valence-corrected chi connectivity index (χ0v) is 23.8. The van der Waals surface area contributed by atoms with Crippen LogP contribution in [0.15, 0.2) is 42.5 Å². The van der Waals surface area contributed by atoms with Crippen molar-refractivity contribution in [3.8, 4) is 11.5 Å². The van der Waals surface area contributed by atoms with Gasteiger partial charge in [-0.3, -0.25) is 19.7 Å². The first kappa shape index (κ1) is 30.5. The molecule has 222 valence electrons. The van der Waals surface area contributed by atoms with Crippen molar-refractivity contribution in [1.82, 2.24) is 10.2 Å². The van der Waals surface area contributed by atoms with Crippen LogP contribution in [-0.2, 0) is 25.6 Å². The zero-order chi connectivity index (χ0) is 29.0. The summed E-state index contributed by atoms with van der Waals surface area (Å²) in [6.45, 7) is 5.79. The van der Waals surface area contributed by atoms with Gasteiger partial charge in [0.1, 0.15) is 24.1 Å². The number of unbranched alkanes of at least 4 members (excludes halogenated alkanes) is 2. The second-order valence-electron chi connectivity index (χ2n) is 10.4. The Morgan fingerprint density at radius 2 is 1.61 bits per heavy atom. The normalized spacial score (nSPS) is 17.4. The highest BCUT2D eigenvalue weighted by molar-refractivity contribution is 6.05. The molecule has 1 fully saturated rings. The number of fused-ring (bicyclic) bond motifs is 1. The lowest BCUT2D eigenvalue weighted by Crippen LogP contribution is -2.52. The minimum Gasteiger partial charge on any atom is -0.494 e. The summed E-state index contributed by atoms with van der Waals surface area (Å²) >= 11 is 0. The zero-order valence-electron chi connectivity index (χ0n) is 23.8. The van der Waals surface area contributed by atoms with E-state index in [1.54, 1.807) is 12.1 Å². The number of amides is 3. The van der Waals surface area contributed by atoms with Crippen molar-refractivity contribution in [2.75, 3.05) is 39.6 Å². The first-order valence-electron chi connectivity index (χ1n) is 14.5. The summed E-state index contributed by atoms with van der Waals surface area (Å²) in [6, 6.07) is 12.6. The summed E-state index contributed by atoms with van der Waals surface area (Å²) in [4.78, 5) is 37.9. The highest BCUT2D eigenvalue weighted by Crippen LogP contribution is 2.30. The Morgan fingerprint density at radius 3 is 2.41 bits per heavy atom. The molecule has 1 saturated heterocycles. The summed E-state index contributed by atoms with van der Waals surface area (Å²) in [5.74, 6) is 0.610. The van der Waals surface area contributed by atoms with Gasteiger partial charge in [0.2, 0.25) is 11.8 Å². The van der Waals surface area contributed by atoms with Gasteiger partial charge in [0.15, 0.2) is 0 Å². The second kappa shape index (κ2) is 15.5. The van der Waals surface area contributed by atoms with Gasteiger partial charge < -0.3 is 29.6 Å². The summed E-state index contributed by atoms with van der Waals surface area (Å²) in [7, 11) is 0. The molecule has 0 radical (unpaired) electrons. The van der Waals surface area contributed by atoms with E-state index in [4.69, 9.17) is 24.7 Å². The van der Waals surface area contributed by atoms with E-state index < -0.39 is 11.9 Å². The Morgan fingerprint density at radius 1 is 0.878 bits per heavy atom. The molecule has 2 atom stereocenters. The van der Waals surface area contributed by atoms with E-state index in [-0.39, 0.29) is 24.3 Å². The molecule has 41 heavy (non-hydrogen) atoms. The third-order valence-electron chi connectivity index (χ3n) is 7.15. The van der Waals surface area contributed by atoms with Crippen LogP contribution in [0.1, 0.15) is 73.0 Å². The van der Waals surface area contributed by atoms with Crippen molar-refractivity contribution >= 4 is 17.7 Å². The maximum Gasteiger partial charge on any atom is 0.255 e. The van der Waals surface area contributed by atoms with E-state index in [0.717, 1.165) is 49.2 Å². The molecule has 0 aromatic heterocycles. The highest BCUT2D eigenvalue weighted by atomic mass is 16.5. The van der Waals surface area contributed by atoms with Crippen LogP contribution in [0, 0.1) is 0 Å². The average Bonchev–Trinajstić information content (AvgIpc) is 3.28. The van der Waals surface area contributed by atoms with Crippen molar-refractivity contribution in [2.45, 2.75) is 64.1 Å². The predicted molar refractivity (Wildman–Crippen MR) is 153 cm³/mol.